The van der Waals surface area contributed by atoms with Gasteiger partial charge in [-0.3, -0.25) is 14.6 Å². The summed E-state index contributed by atoms with van der Waals surface area (Å²) in [6, 6.07) is 12.3. The van der Waals surface area contributed by atoms with E-state index in [1.54, 1.807) is 12.4 Å². The number of hydrogen-bond donors (Lipinski definition) is 1. The van der Waals surface area contributed by atoms with Gasteiger partial charge in [-0.25, -0.2) is 0 Å². The van der Waals surface area contributed by atoms with Crippen LogP contribution in [0.4, 0.5) is 0 Å². The third-order valence-corrected chi connectivity index (χ3v) is 6.81. The summed E-state index contributed by atoms with van der Waals surface area (Å²) in [6.45, 7) is 6.04. The summed E-state index contributed by atoms with van der Waals surface area (Å²) in [5.41, 5.74) is 2.79. The third-order valence-electron chi connectivity index (χ3n) is 6.81. The van der Waals surface area contributed by atoms with Crippen molar-refractivity contribution >= 4 is 11.8 Å². The van der Waals surface area contributed by atoms with E-state index in [0.29, 0.717) is 38.4 Å². The van der Waals surface area contributed by atoms with E-state index in [1.165, 1.54) is 0 Å². The van der Waals surface area contributed by atoms with Gasteiger partial charge in [-0.1, -0.05) is 44.5 Å². The van der Waals surface area contributed by atoms with Gasteiger partial charge in [0.25, 0.3) is 0 Å². The van der Waals surface area contributed by atoms with Crippen molar-refractivity contribution in [3.05, 3.63) is 54.4 Å². The monoisotopic (exact) mass is 419 g/mol. The number of aromatic nitrogens is 1. The zero-order valence-electron chi connectivity index (χ0n) is 18.6. The van der Waals surface area contributed by atoms with Gasteiger partial charge in [-0.2, -0.15) is 0 Å². The molecule has 1 saturated heterocycles. The second-order valence-electron chi connectivity index (χ2n) is 9.59. The smallest absolute Gasteiger partial charge is 0.228 e. The number of carbonyl (C=O) groups excluding carboxylic acids is 2. The number of benzene rings is 1. The lowest BCUT2D eigenvalue weighted by Gasteiger charge is -2.32. The van der Waals surface area contributed by atoms with Crippen molar-refractivity contribution in [1.29, 1.82) is 0 Å². The summed E-state index contributed by atoms with van der Waals surface area (Å²) in [5, 5.41) is 3.17. The van der Waals surface area contributed by atoms with Crippen LogP contribution in [0.1, 0.15) is 45.1 Å². The van der Waals surface area contributed by atoms with Crippen LogP contribution in [-0.2, 0) is 16.0 Å². The van der Waals surface area contributed by atoms with Gasteiger partial charge in [-0.15, -0.1) is 0 Å². The number of nitrogens with zero attached hydrogens (tertiary/aromatic N) is 2. The molecule has 0 spiro atoms. The Labute approximate surface area is 185 Å². The third kappa shape index (κ3) is 4.65. The first-order valence-corrected chi connectivity index (χ1v) is 11.5. The molecule has 2 fully saturated rings. The molecule has 0 unspecified atom stereocenters. The Morgan fingerprint density at radius 1 is 1.16 bits per heavy atom. The molecule has 0 radical (unpaired) electrons. The van der Waals surface area contributed by atoms with Crippen LogP contribution in [0, 0.1) is 17.3 Å². The summed E-state index contributed by atoms with van der Waals surface area (Å²) in [6.07, 6.45) is 8.06. The number of likely N-dealkylation sites (tertiary alicyclic amines) is 1. The molecule has 2 amide bonds. The zero-order chi connectivity index (χ0) is 21.8. The van der Waals surface area contributed by atoms with E-state index >= 15 is 0 Å². The van der Waals surface area contributed by atoms with Gasteiger partial charge in [0.15, 0.2) is 0 Å². The summed E-state index contributed by atoms with van der Waals surface area (Å²) < 4.78 is 0. The quantitative estimate of drug-likeness (QED) is 0.735. The van der Waals surface area contributed by atoms with Gasteiger partial charge >= 0.3 is 0 Å². The van der Waals surface area contributed by atoms with Crippen LogP contribution in [0.25, 0.3) is 11.1 Å². The van der Waals surface area contributed by atoms with Gasteiger partial charge < -0.3 is 10.2 Å². The fourth-order valence-corrected chi connectivity index (χ4v) is 4.72. The average molecular weight is 420 g/mol. The maximum Gasteiger partial charge on any atom is 0.228 e. The second kappa shape index (κ2) is 9.21. The van der Waals surface area contributed by atoms with Gasteiger partial charge in [0.05, 0.1) is 5.41 Å². The number of nitrogens with one attached hydrogen (secondary N) is 1. The molecule has 1 aliphatic carbocycles. The highest BCUT2D eigenvalue weighted by Crippen LogP contribution is 2.39. The predicted octanol–water partition coefficient (Wildman–Crippen LogP) is 4.08. The molecule has 1 atom stereocenters. The van der Waals surface area contributed by atoms with E-state index < -0.39 is 5.41 Å². The molecule has 2 aromatic rings. The second-order valence-corrected chi connectivity index (χ2v) is 9.59. The molecule has 164 valence electrons. The molecule has 5 heteroatoms. The standard InChI is InChI=1S/C26H33N3O2/c1-19(2)17-28-25(31)26(12-15-29(18-26)24(30)21-7-5-8-21)16-22-6-3-4-9-23(22)20-10-13-27-14-11-20/h3-4,6,9-11,13-14,19,21H,5,7-8,12,15-18H2,1-2H3,(H,28,31)/t26-/m1/s1. The molecule has 4 rings (SSSR count). The molecule has 1 N–H and O–H groups in total. The fraction of sp³-hybridized carbons (Fsp3) is 0.500. The molecule has 1 aromatic carbocycles. The highest BCUT2D eigenvalue weighted by molar-refractivity contribution is 5.87. The minimum atomic E-state index is -0.586. The molecule has 31 heavy (non-hydrogen) atoms. The van der Waals surface area contributed by atoms with E-state index in [4.69, 9.17) is 0 Å². The number of amides is 2. The van der Waals surface area contributed by atoms with Gasteiger partial charge in [0.2, 0.25) is 11.8 Å². The Morgan fingerprint density at radius 3 is 2.58 bits per heavy atom. The lowest BCUT2D eigenvalue weighted by molar-refractivity contribution is -0.138. The molecular weight excluding hydrogens is 386 g/mol. The van der Waals surface area contributed by atoms with Crippen LogP contribution >= 0.6 is 0 Å². The van der Waals surface area contributed by atoms with Crippen molar-refractivity contribution < 1.29 is 9.59 Å². The molecule has 1 saturated carbocycles. The van der Waals surface area contributed by atoms with Gasteiger partial charge in [0, 0.05) is 37.9 Å². The molecule has 2 aliphatic rings. The minimum absolute atomic E-state index is 0.0784. The van der Waals surface area contributed by atoms with Crippen molar-refractivity contribution in [3.8, 4) is 11.1 Å². The lowest BCUT2D eigenvalue weighted by atomic mass is 9.78. The first-order chi connectivity index (χ1) is 15.0. The molecular formula is C26H33N3O2. The summed E-state index contributed by atoms with van der Waals surface area (Å²) in [4.78, 5) is 32.5. The van der Waals surface area contributed by atoms with Crippen LogP contribution in [-0.4, -0.2) is 41.3 Å². The van der Waals surface area contributed by atoms with E-state index in [2.05, 4.69) is 36.3 Å². The van der Waals surface area contributed by atoms with Gasteiger partial charge in [0.1, 0.15) is 0 Å². The Morgan fingerprint density at radius 2 is 1.90 bits per heavy atom. The number of carbonyl (C=O) groups is 2. The largest absolute Gasteiger partial charge is 0.355 e. The van der Waals surface area contributed by atoms with Crippen molar-refractivity contribution in [2.45, 2.75) is 46.0 Å². The van der Waals surface area contributed by atoms with Crippen LogP contribution in [0.2, 0.25) is 0 Å². The fourth-order valence-electron chi connectivity index (χ4n) is 4.72. The molecule has 0 bridgehead atoms. The summed E-state index contributed by atoms with van der Waals surface area (Å²) in [7, 11) is 0. The van der Waals surface area contributed by atoms with Crippen molar-refractivity contribution in [2.75, 3.05) is 19.6 Å². The topological polar surface area (TPSA) is 62.3 Å². The maximum atomic E-state index is 13.5. The molecule has 2 heterocycles. The summed E-state index contributed by atoms with van der Waals surface area (Å²) in [5.74, 6) is 0.875. The zero-order valence-corrected chi connectivity index (χ0v) is 18.6. The van der Waals surface area contributed by atoms with Crippen molar-refractivity contribution in [2.24, 2.45) is 17.3 Å². The van der Waals surface area contributed by atoms with Crippen LogP contribution in [0.3, 0.4) is 0 Å². The number of hydrogen-bond acceptors (Lipinski definition) is 3. The SMILES string of the molecule is CC(C)CNC(=O)[C@@]1(Cc2ccccc2-c2ccncc2)CCN(C(=O)C2CCC2)C1. The van der Waals surface area contributed by atoms with Crippen LogP contribution < -0.4 is 5.32 Å². The van der Waals surface area contributed by atoms with Crippen LogP contribution in [0.5, 0.6) is 0 Å². The lowest BCUT2D eigenvalue weighted by Crippen LogP contribution is -2.47. The Bertz CT molecular complexity index is 923. The normalized spacial score (nSPS) is 21.2. The van der Waals surface area contributed by atoms with E-state index in [0.717, 1.165) is 36.0 Å². The molecule has 5 nitrogen and oxygen atoms in total. The van der Waals surface area contributed by atoms with E-state index in [1.807, 2.05) is 29.2 Å². The highest BCUT2D eigenvalue weighted by Gasteiger charge is 2.47. The first-order valence-electron chi connectivity index (χ1n) is 11.5. The molecule has 1 aromatic heterocycles. The minimum Gasteiger partial charge on any atom is -0.355 e. The summed E-state index contributed by atoms with van der Waals surface area (Å²) >= 11 is 0. The Kier molecular flexibility index (Phi) is 6.40. The predicted molar refractivity (Wildman–Crippen MR) is 122 cm³/mol. The number of rotatable bonds is 7. The van der Waals surface area contributed by atoms with Gasteiger partial charge in [-0.05, 0) is 60.4 Å². The van der Waals surface area contributed by atoms with Crippen molar-refractivity contribution in [1.82, 2.24) is 15.2 Å². The van der Waals surface area contributed by atoms with Crippen molar-refractivity contribution in [3.63, 3.8) is 0 Å². The Balaban J connectivity index is 1.62. The number of pyridine rings is 1. The Hall–Kier alpha value is -2.69. The van der Waals surface area contributed by atoms with E-state index in [9.17, 15) is 9.59 Å². The average Bonchev–Trinajstić information content (AvgIpc) is 3.17. The van der Waals surface area contributed by atoms with Crippen LogP contribution in [0.15, 0.2) is 48.8 Å². The molecule has 1 aliphatic heterocycles. The first kappa shape index (κ1) is 21.5. The highest BCUT2D eigenvalue weighted by atomic mass is 16.2. The maximum absolute atomic E-state index is 13.5. The van der Waals surface area contributed by atoms with E-state index in [-0.39, 0.29) is 17.7 Å².